The van der Waals surface area contributed by atoms with Gasteiger partial charge in [-0.1, -0.05) is 30.3 Å². The number of ether oxygens (including phenoxy) is 3. The molecule has 0 bridgehead atoms. The maximum absolute atomic E-state index is 12.4. The number of hydrogen-bond acceptors (Lipinski definition) is 7. The number of carbonyl (C=O) groups is 4. The van der Waals surface area contributed by atoms with Crippen molar-refractivity contribution < 1.29 is 33.4 Å². The predicted octanol–water partition coefficient (Wildman–Crippen LogP) is 2.26. The average molecular weight is 452 g/mol. The highest BCUT2D eigenvalue weighted by molar-refractivity contribution is 5.89. The smallest absolute Gasteiger partial charge is 0.408 e. The summed E-state index contributed by atoms with van der Waals surface area (Å²) in [6, 6.07) is 7.24. The number of carbonyl (C=O) groups excluding carboxylic acids is 4. The van der Waals surface area contributed by atoms with Gasteiger partial charge in [0.25, 0.3) is 0 Å². The standard InChI is InChI=1S/C22H33N3O7/c1-15(24-21(29)31-14-16-10-7-6-8-11-16)18(26)25-17(19(27)30-5)12-9-13-23-20(28)32-22(2,3)4/h6-8,10-11,15,17H,9,12-14H2,1-5H3,(H,23,28)(H,24,29)(H,25,26)/t15-,17-/m1/s1. The molecule has 1 aromatic carbocycles. The van der Waals surface area contributed by atoms with Crippen LogP contribution in [0.3, 0.4) is 0 Å². The van der Waals surface area contributed by atoms with Gasteiger partial charge < -0.3 is 30.2 Å². The van der Waals surface area contributed by atoms with Gasteiger partial charge in [0.2, 0.25) is 5.91 Å². The molecular weight excluding hydrogens is 418 g/mol. The normalized spacial score (nSPS) is 12.7. The molecule has 3 N–H and O–H groups in total. The van der Waals surface area contributed by atoms with E-state index in [2.05, 4.69) is 16.0 Å². The van der Waals surface area contributed by atoms with E-state index in [1.165, 1.54) is 14.0 Å². The van der Waals surface area contributed by atoms with Crippen LogP contribution in [0, 0.1) is 0 Å². The van der Waals surface area contributed by atoms with Gasteiger partial charge in [-0.3, -0.25) is 4.79 Å². The quantitative estimate of drug-likeness (QED) is 0.282. The van der Waals surface area contributed by atoms with Crippen LogP contribution in [0.2, 0.25) is 0 Å². The lowest BCUT2D eigenvalue weighted by molar-refractivity contribution is -0.145. The van der Waals surface area contributed by atoms with Gasteiger partial charge in [0.05, 0.1) is 7.11 Å². The van der Waals surface area contributed by atoms with Crippen molar-refractivity contribution in [2.75, 3.05) is 13.7 Å². The summed E-state index contributed by atoms with van der Waals surface area (Å²) >= 11 is 0. The van der Waals surface area contributed by atoms with Gasteiger partial charge in [-0.2, -0.15) is 0 Å². The molecule has 0 radical (unpaired) electrons. The highest BCUT2D eigenvalue weighted by Gasteiger charge is 2.25. The van der Waals surface area contributed by atoms with E-state index in [0.717, 1.165) is 5.56 Å². The number of alkyl carbamates (subject to hydrolysis) is 2. The SMILES string of the molecule is COC(=O)[C@@H](CCCNC(=O)OC(C)(C)C)NC(=O)[C@@H](C)NC(=O)OCc1ccccc1. The van der Waals surface area contributed by atoms with E-state index in [4.69, 9.17) is 14.2 Å². The lowest BCUT2D eigenvalue weighted by Crippen LogP contribution is -2.50. The van der Waals surface area contributed by atoms with Gasteiger partial charge in [-0.05, 0) is 46.1 Å². The Labute approximate surface area is 188 Å². The molecule has 0 aliphatic rings. The second kappa shape index (κ2) is 13.2. The van der Waals surface area contributed by atoms with Crippen LogP contribution in [0.25, 0.3) is 0 Å². The summed E-state index contributed by atoms with van der Waals surface area (Å²) in [7, 11) is 1.21. The van der Waals surface area contributed by atoms with Gasteiger partial charge in [0.1, 0.15) is 24.3 Å². The number of hydrogen-bond donors (Lipinski definition) is 3. The van der Waals surface area contributed by atoms with E-state index in [0.29, 0.717) is 6.42 Å². The molecule has 0 unspecified atom stereocenters. The first-order valence-electron chi connectivity index (χ1n) is 10.3. The lowest BCUT2D eigenvalue weighted by atomic mass is 10.1. The van der Waals surface area contributed by atoms with Crippen LogP contribution in [0.15, 0.2) is 30.3 Å². The summed E-state index contributed by atoms with van der Waals surface area (Å²) < 4.78 is 14.9. The largest absolute Gasteiger partial charge is 0.467 e. The Morgan fingerprint density at radius 2 is 1.66 bits per heavy atom. The average Bonchev–Trinajstić information content (AvgIpc) is 2.73. The molecule has 0 aliphatic carbocycles. The van der Waals surface area contributed by atoms with Crippen molar-refractivity contribution in [3.63, 3.8) is 0 Å². The molecule has 178 valence electrons. The van der Waals surface area contributed by atoms with Crippen LogP contribution in [-0.2, 0) is 30.4 Å². The molecule has 0 fully saturated rings. The van der Waals surface area contributed by atoms with Gasteiger partial charge in [-0.25, -0.2) is 14.4 Å². The molecule has 2 atom stereocenters. The topological polar surface area (TPSA) is 132 Å². The molecule has 0 aliphatic heterocycles. The van der Waals surface area contributed by atoms with Crippen LogP contribution in [-0.4, -0.2) is 55.4 Å². The van der Waals surface area contributed by atoms with Gasteiger partial charge in [-0.15, -0.1) is 0 Å². The maximum Gasteiger partial charge on any atom is 0.408 e. The zero-order chi connectivity index (χ0) is 24.1. The number of nitrogens with one attached hydrogen (secondary N) is 3. The first kappa shape index (κ1) is 26.7. The zero-order valence-corrected chi connectivity index (χ0v) is 19.2. The minimum absolute atomic E-state index is 0.0659. The first-order chi connectivity index (χ1) is 15.0. The molecule has 0 saturated carbocycles. The minimum Gasteiger partial charge on any atom is -0.467 e. The van der Waals surface area contributed by atoms with E-state index in [1.54, 1.807) is 20.8 Å². The van der Waals surface area contributed by atoms with E-state index >= 15 is 0 Å². The number of rotatable bonds is 10. The third-order valence-electron chi connectivity index (χ3n) is 4.08. The molecule has 10 nitrogen and oxygen atoms in total. The van der Waals surface area contributed by atoms with Crippen LogP contribution in [0.4, 0.5) is 9.59 Å². The van der Waals surface area contributed by atoms with E-state index in [9.17, 15) is 19.2 Å². The first-order valence-corrected chi connectivity index (χ1v) is 10.3. The molecular formula is C22H33N3O7. The molecule has 32 heavy (non-hydrogen) atoms. The molecule has 0 spiro atoms. The summed E-state index contributed by atoms with van der Waals surface area (Å²) in [5.74, 6) is -1.20. The third kappa shape index (κ3) is 11.2. The summed E-state index contributed by atoms with van der Waals surface area (Å²) in [5, 5.41) is 7.54. The molecule has 1 rings (SSSR count). The van der Waals surface area contributed by atoms with Crippen molar-refractivity contribution >= 4 is 24.1 Å². The van der Waals surface area contributed by atoms with Crippen molar-refractivity contribution in [2.24, 2.45) is 0 Å². The summed E-state index contributed by atoms with van der Waals surface area (Å²) in [6.45, 7) is 7.04. The van der Waals surface area contributed by atoms with Crippen LogP contribution >= 0.6 is 0 Å². The summed E-state index contributed by atoms with van der Waals surface area (Å²) in [4.78, 5) is 48.0. The predicted molar refractivity (Wildman–Crippen MR) is 117 cm³/mol. The second-order valence-corrected chi connectivity index (χ2v) is 8.08. The van der Waals surface area contributed by atoms with E-state index in [1.807, 2.05) is 30.3 Å². The fraction of sp³-hybridized carbons (Fsp3) is 0.545. The zero-order valence-electron chi connectivity index (χ0n) is 19.2. The molecule has 0 saturated heterocycles. The van der Waals surface area contributed by atoms with Crippen LogP contribution in [0.5, 0.6) is 0 Å². The highest BCUT2D eigenvalue weighted by Crippen LogP contribution is 2.07. The van der Waals surface area contributed by atoms with Crippen LogP contribution in [0.1, 0.15) is 46.1 Å². The van der Waals surface area contributed by atoms with Crippen molar-refractivity contribution in [2.45, 2.75) is 64.8 Å². The molecule has 0 aromatic heterocycles. The Hall–Kier alpha value is -3.30. The second-order valence-electron chi connectivity index (χ2n) is 8.08. The van der Waals surface area contributed by atoms with Crippen molar-refractivity contribution in [3.05, 3.63) is 35.9 Å². The summed E-state index contributed by atoms with van der Waals surface area (Å²) in [6.07, 6.45) is -0.713. The Kier molecular flexibility index (Phi) is 11.0. The monoisotopic (exact) mass is 451 g/mol. The summed E-state index contributed by atoms with van der Waals surface area (Å²) in [5.41, 5.74) is 0.198. The molecule has 3 amide bonds. The molecule has 1 aromatic rings. The Morgan fingerprint density at radius 3 is 2.25 bits per heavy atom. The maximum atomic E-state index is 12.4. The van der Waals surface area contributed by atoms with Gasteiger partial charge in [0.15, 0.2) is 0 Å². The Balaban J connectivity index is 2.44. The van der Waals surface area contributed by atoms with E-state index < -0.39 is 41.7 Å². The fourth-order valence-corrected chi connectivity index (χ4v) is 2.51. The van der Waals surface area contributed by atoms with Crippen molar-refractivity contribution in [1.82, 2.24) is 16.0 Å². The van der Waals surface area contributed by atoms with Crippen molar-refractivity contribution in [1.29, 1.82) is 0 Å². The molecule has 0 heterocycles. The van der Waals surface area contributed by atoms with Crippen LogP contribution < -0.4 is 16.0 Å². The fourth-order valence-electron chi connectivity index (χ4n) is 2.51. The number of methoxy groups -OCH3 is 1. The minimum atomic E-state index is -0.940. The third-order valence-corrected chi connectivity index (χ3v) is 4.08. The van der Waals surface area contributed by atoms with Gasteiger partial charge in [0, 0.05) is 6.54 Å². The lowest BCUT2D eigenvalue weighted by Gasteiger charge is -2.21. The highest BCUT2D eigenvalue weighted by atomic mass is 16.6. The van der Waals surface area contributed by atoms with Crippen molar-refractivity contribution in [3.8, 4) is 0 Å². The number of amides is 3. The van der Waals surface area contributed by atoms with E-state index in [-0.39, 0.29) is 19.6 Å². The Morgan fingerprint density at radius 1 is 1.00 bits per heavy atom. The van der Waals surface area contributed by atoms with Gasteiger partial charge >= 0.3 is 18.2 Å². The number of benzene rings is 1. The number of esters is 1. The Bertz CT molecular complexity index is 763. The molecule has 10 heteroatoms.